The lowest BCUT2D eigenvalue weighted by atomic mass is 10.0. The Kier molecular flexibility index (Phi) is 4.00. The summed E-state index contributed by atoms with van der Waals surface area (Å²) in [6.45, 7) is 7.27. The molecule has 0 N–H and O–H groups in total. The minimum absolute atomic E-state index is 0.320. The van der Waals surface area contributed by atoms with Crippen LogP contribution >= 0.6 is 0 Å². The van der Waals surface area contributed by atoms with E-state index >= 15 is 0 Å². The number of anilines is 2. The fraction of sp³-hybridized carbons (Fsp3) is 0.588. The van der Waals surface area contributed by atoms with Crippen molar-refractivity contribution in [2.75, 3.05) is 30.4 Å². The van der Waals surface area contributed by atoms with E-state index in [-0.39, 0.29) is 0 Å². The third kappa shape index (κ3) is 2.78. The maximum absolute atomic E-state index is 4.77. The number of rotatable bonds is 3. The second-order valence-corrected chi connectivity index (χ2v) is 6.62. The second-order valence-electron chi connectivity index (χ2n) is 6.62. The summed E-state index contributed by atoms with van der Waals surface area (Å²) in [5, 5.41) is 4.59. The van der Waals surface area contributed by atoms with Crippen LogP contribution < -0.4 is 9.80 Å². The van der Waals surface area contributed by atoms with Crippen molar-refractivity contribution >= 4 is 11.8 Å². The first-order valence-electron chi connectivity index (χ1n) is 8.18. The smallest absolute Gasteiger partial charge is 0.228 e. The van der Waals surface area contributed by atoms with Crippen LogP contribution in [-0.2, 0) is 7.05 Å². The molecule has 1 atom stereocenters. The van der Waals surface area contributed by atoms with Crippen molar-refractivity contribution in [1.82, 2.24) is 19.7 Å². The van der Waals surface area contributed by atoms with Crippen molar-refractivity contribution in [3.8, 4) is 0 Å². The van der Waals surface area contributed by atoms with E-state index in [0.717, 1.165) is 42.5 Å². The molecule has 2 aromatic rings. The molecule has 23 heavy (non-hydrogen) atoms. The van der Waals surface area contributed by atoms with Crippen LogP contribution in [-0.4, -0.2) is 40.4 Å². The molecule has 6 nitrogen and oxygen atoms in total. The molecule has 0 amide bonds. The summed E-state index contributed by atoms with van der Waals surface area (Å²) < 4.78 is 1.98. The highest BCUT2D eigenvalue weighted by atomic mass is 15.3. The summed E-state index contributed by atoms with van der Waals surface area (Å²) in [7, 11) is 6.04. The average Bonchev–Trinajstić information content (AvgIpc) is 3.04. The largest absolute Gasteiger partial charge is 0.363 e. The molecule has 0 bridgehead atoms. The maximum Gasteiger partial charge on any atom is 0.228 e. The summed E-state index contributed by atoms with van der Waals surface area (Å²) in [6.07, 6.45) is 2.29. The molecule has 0 unspecified atom stereocenters. The van der Waals surface area contributed by atoms with Gasteiger partial charge < -0.3 is 9.80 Å². The van der Waals surface area contributed by atoms with Crippen molar-refractivity contribution in [3.63, 3.8) is 0 Å². The minimum atomic E-state index is 0.320. The van der Waals surface area contributed by atoms with Gasteiger partial charge >= 0.3 is 0 Å². The first-order chi connectivity index (χ1) is 10.9. The van der Waals surface area contributed by atoms with E-state index < -0.39 is 0 Å². The van der Waals surface area contributed by atoms with Gasteiger partial charge in [-0.25, -0.2) is 4.98 Å². The monoisotopic (exact) mass is 314 g/mol. The van der Waals surface area contributed by atoms with E-state index in [2.05, 4.69) is 23.8 Å². The van der Waals surface area contributed by atoms with Gasteiger partial charge in [-0.05, 0) is 33.6 Å². The van der Waals surface area contributed by atoms with E-state index in [4.69, 9.17) is 9.97 Å². The minimum Gasteiger partial charge on any atom is -0.363 e. The Hall–Kier alpha value is -2.11. The van der Waals surface area contributed by atoms with Crippen LogP contribution in [0.25, 0.3) is 0 Å². The fourth-order valence-electron chi connectivity index (χ4n) is 3.47. The van der Waals surface area contributed by atoms with Crippen LogP contribution in [0.5, 0.6) is 0 Å². The summed E-state index contributed by atoms with van der Waals surface area (Å²) in [4.78, 5) is 13.8. The molecule has 0 saturated carbocycles. The van der Waals surface area contributed by atoms with Crippen molar-refractivity contribution in [1.29, 1.82) is 0 Å². The Bertz CT molecular complexity index is 718. The van der Waals surface area contributed by atoms with Gasteiger partial charge in [-0.1, -0.05) is 0 Å². The normalized spacial score (nSPS) is 17.8. The molecule has 0 aliphatic carbocycles. The van der Waals surface area contributed by atoms with E-state index in [1.807, 2.05) is 43.7 Å². The van der Waals surface area contributed by atoms with Crippen molar-refractivity contribution in [2.45, 2.75) is 39.7 Å². The van der Waals surface area contributed by atoms with Gasteiger partial charge in [0.25, 0.3) is 0 Å². The molecular weight excluding hydrogens is 288 g/mol. The quantitative estimate of drug-likeness (QED) is 0.871. The number of nitrogens with zero attached hydrogens (tertiary/aromatic N) is 6. The molecule has 1 aliphatic rings. The first kappa shape index (κ1) is 15.8. The molecule has 124 valence electrons. The summed E-state index contributed by atoms with van der Waals surface area (Å²) in [5.74, 6) is 1.79. The summed E-state index contributed by atoms with van der Waals surface area (Å²) in [6, 6.07) is 2.34. The number of aromatic nitrogens is 4. The molecule has 0 radical (unpaired) electrons. The van der Waals surface area contributed by atoms with Gasteiger partial charge in [0.2, 0.25) is 5.95 Å². The molecule has 0 spiro atoms. The summed E-state index contributed by atoms with van der Waals surface area (Å²) >= 11 is 0. The van der Waals surface area contributed by atoms with Crippen LogP contribution in [0.15, 0.2) is 6.07 Å². The van der Waals surface area contributed by atoms with Gasteiger partial charge in [0.1, 0.15) is 5.82 Å². The highest BCUT2D eigenvalue weighted by Crippen LogP contribution is 2.37. The zero-order valence-electron chi connectivity index (χ0n) is 15.0. The van der Waals surface area contributed by atoms with E-state index in [1.54, 1.807) is 0 Å². The molecule has 3 rings (SSSR count). The highest BCUT2D eigenvalue weighted by molar-refractivity contribution is 5.48. The Balaban J connectivity index is 2.02. The first-order valence-corrected chi connectivity index (χ1v) is 8.18. The molecule has 2 aromatic heterocycles. The standard InChI is InChI=1S/C17H26N6/c1-11-10-15(21(4)5)19-17(18-11)23-9-7-8-14(23)16-12(2)20-22(6)13(16)3/h10,14H,7-9H2,1-6H3/t14-/m0/s1. The number of hydrogen-bond acceptors (Lipinski definition) is 5. The second kappa shape index (κ2) is 5.83. The lowest BCUT2D eigenvalue weighted by Crippen LogP contribution is -2.26. The molecule has 0 aromatic carbocycles. The molecule has 1 fully saturated rings. The van der Waals surface area contributed by atoms with E-state index in [0.29, 0.717) is 6.04 Å². The van der Waals surface area contributed by atoms with Gasteiger partial charge in [0, 0.05) is 50.7 Å². The molecular formula is C17H26N6. The van der Waals surface area contributed by atoms with Crippen LogP contribution in [0, 0.1) is 20.8 Å². The predicted molar refractivity (Wildman–Crippen MR) is 93.1 cm³/mol. The van der Waals surface area contributed by atoms with Gasteiger partial charge in [-0.3, -0.25) is 4.68 Å². The maximum atomic E-state index is 4.77. The molecule has 1 aliphatic heterocycles. The Labute approximate surface area is 138 Å². The van der Waals surface area contributed by atoms with Gasteiger partial charge in [0.05, 0.1) is 11.7 Å². The van der Waals surface area contributed by atoms with Crippen LogP contribution in [0.3, 0.4) is 0 Å². The lowest BCUT2D eigenvalue weighted by Gasteiger charge is -2.26. The highest BCUT2D eigenvalue weighted by Gasteiger charge is 2.32. The van der Waals surface area contributed by atoms with Crippen LogP contribution in [0.4, 0.5) is 11.8 Å². The van der Waals surface area contributed by atoms with Gasteiger partial charge in [-0.15, -0.1) is 0 Å². The molecule has 1 saturated heterocycles. The number of hydrogen-bond donors (Lipinski definition) is 0. The SMILES string of the molecule is Cc1cc(N(C)C)nc(N2CCC[C@H]2c2c(C)nn(C)c2C)n1. The third-order valence-electron chi connectivity index (χ3n) is 4.69. The topological polar surface area (TPSA) is 50.1 Å². The van der Waals surface area contributed by atoms with Crippen LogP contribution in [0.1, 0.15) is 41.5 Å². The van der Waals surface area contributed by atoms with E-state index in [1.165, 1.54) is 11.3 Å². The summed E-state index contributed by atoms with van der Waals surface area (Å²) in [5.41, 5.74) is 4.69. The molecule has 6 heteroatoms. The Morgan fingerprint density at radius 1 is 1.17 bits per heavy atom. The fourth-order valence-corrected chi connectivity index (χ4v) is 3.47. The Morgan fingerprint density at radius 3 is 2.52 bits per heavy atom. The van der Waals surface area contributed by atoms with Crippen LogP contribution in [0.2, 0.25) is 0 Å². The average molecular weight is 314 g/mol. The van der Waals surface area contributed by atoms with Gasteiger partial charge in [0.15, 0.2) is 0 Å². The number of aryl methyl sites for hydroxylation is 3. The van der Waals surface area contributed by atoms with Crippen molar-refractivity contribution < 1.29 is 0 Å². The zero-order valence-corrected chi connectivity index (χ0v) is 15.0. The third-order valence-corrected chi connectivity index (χ3v) is 4.69. The van der Waals surface area contributed by atoms with Gasteiger partial charge in [-0.2, -0.15) is 10.1 Å². The van der Waals surface area contributed by atoms with Crippen molar-refractivity contribution in [3.05, 3.63) is 28.7 Å². The lowest BCUT2D eigenvalue weighted by molar-refractivity contribution is 0.684. The molecule has 3 heterocycles. The van der Waals surface area contributed by atoms with E-state index in [9.17, 15) is 0 Å². The Morgan fingerprint density at radius 2 is 1.91 bits per heavy atom. The zero-order chi connectivity index (χ0) is 16.7. The predicted octanol–water partition coefficient (Wildman–Crippen LogP) is 2.54. The van der Waals surface area contributed by atoms with Crippen molar-refractivity contribution in [2.24, 2.45) is 7.05 Å².